The van der Waals surface area contributed by atoms with Gasteiger partial charge in [-0.3, -0.25) is 9.69 Å². The second-order valence-corrected chi connectivity index (χ2v) is 6.89. The van der Waals surface area contributed by atoms with Crippen LogP contribution in [0, 0.1) is 0 Å². The molecule has 1 saturated heterocycles. The van der Waals surface area contributed by atoms with Gasteiger partial charge < -0.3 is 9.88 Å². The van der Waals surface area contributed by atoms with E-state index in [2.05, 4.69) is 42.3 Å². The average Bonchev–Trinajstić information content (AvgIpc) is 2.63. The number of rotatable bonds is 2. The first-order valence-corrected chi connectivity index (χ1v) is 7.91. The van der Waals surface area contributed by atoms with E-state index >= 15 is 0 Å². The van der Waals surface area contributed by atoms with Gasteiger partial charge in [-0.05, 0) is 31.5 Å². The number of aromatic nitrogens is 1. The third-order valence-electron chi connectivity index (χ3n) is 3.90. The third-order valence-corrected chi connectivity index (χ3v) is 4.89. The summed E-state index contributed by atoms with van der Waals surface area (Å²) in [6.07, 6.45) is 0. The standard InChI is InChI=1S/C15H21N3OS/c1-10-7-18(8-11(2)16-10)9-12-4-5-13-14(6-12)20-15(19)17(13)3/h4-6,10-11,16H,7-9H2,1-3H3. The molecule has 0 aliphatic carbocycles. The van der Waals surface area contributed by atoms with Crippen LogP contribution in [0.4, 0.5) is 0 Å². The summed E-state index contributed by atoms with van der Waals surface area (Å²) < 4.78 is 2.81. The van der Waals surface area contributed by atoms with Gasteiger partial charge in [-0.2, -0.15) is 0 Å². The van der Waals surface area contributed by atoms with E-state index in [0.717, 1.165) is 29.9 Å². The highest BCUT2D eigenvalue weighted by molar-refractivity contribution is 7.16. The van der Waals surface area contributed by atoms with Crippen LogP contribution in [-0.2, 0) is 13.6 Å². The fourth-order valence-corrected chi connectivity index (χ4v) is 4.05. The van der Waals surface area contributed by atoms with E-state index in [0.29, 0.717) is 12.1 Å². The number of piperazine rings is 1. The van der Waals surface area contributed by atoms with E-state index in [4.69, 9.17) is 0 Å². The van der Waals surface area contributed by atoms with Crippen LogP contribution >= 0.6 is 11.3 Å². The molecule has 0 saturated carbocycles. The zero-order chi connectivity index (χ0) is 14.3. The lowest BCUT2D eigenvalue weighted by atomic mass is 10.1. The summed E-state index contributed by atoms with van der Waals surface area (Å²) in [5, 5.41) is 3.55. The fraction of sp³-hybridized carbons (Fsp3) is 0.533. The molecule has 1 N–H and O–H groups in total. The van der Waals surface area contributed by atoms with Gasteiger partial charge in [0, 0.05) is 38.8 Å². The summed E-state index contributed by atoms with van der Waals surface area (Å²) in [6, 6.07) is 7.45. The van der Waals surface area contributed by atoms with Crippen LogP contribution < -0.4 is 10.2 Å². The molecule has 2 unspecified atom stereocenters. The second kappa shape index (κ2) is 5.31. The number of aryl methyl sites for hydroxylation is 1. The van der Waals surface area contributed by atoms with Gasteiger partial charge in [0.2, 0.25) is 0 Å². The van der Waals surface area contributed by atoms with Crippen LogP contribution in [0.15, 0.2) is 23.0 Å². The molecule has 4 nitrogen and oxygen atoms in total. The Hall–Kier alpha value is -1.17. The van der Waals surface area contributed by atoms with Gasteiger partial charge in [0.05, 0.1) is 10.2 Å². The lowest BCUT2D eigenvalue weighted by Gasteiger charge is -2.36. The number of nitrogens with zero attached hydrogens (tertiary/aromatic N) is 2. The van der Waals surface area contributed by atoms with Crippen molar-refractivity contribution in [2.75, 3.05) is 13.1 Å². The quantitative estimate of drug-likeness (QED) is 0.916. The van der Waals surface area contributed by atoms with Crippen molar-refractivity contribution in [1.82, 2.24) is 14.8 Å². The molecule has 1 aliphatic heterocycles. The largest absolute Gasteiger partial charge is 0.309 e. The Morgan fingerprint density at radius 2 is 2.00 bits per heavy atom. The molecule has 5 heteroatoms. The lowest BCUT2D eigenvalue weighted by Crippen LogP contribution is -2.53. The summed E-state index contributed by atoms with van der Waals surface area (Å²) >= 11 is 1.33. The maximum atomic E-state index is 11.7. The molecule has 1 aromatic carbocycles. The molecule has 108 valence electrons. The van der Waals surface area contributed by atoms with Gasteiger partial charge in [-0.25, -0.2) is 0 Å². The number of hydrogen-bond donors (Lipinski definition) is 1. The van der Waals surface area contributed by atoms with E-state index in [1.807, 2.05) is 7.05 Å². The number of fused-ring (bicyclic) bond motifs is 1. The molecule has 2 atom stereocenters. The zero-order valence-electron chi connectivity index (χ0n) is 12.2. The van der Waals surface area contributed by atoms with Gasteiger partial charge >= 0.3 is 4.87 Å². The van der Waals surface area contributed by atoms with Crippen LogP contribution in [0.5, 0.6) is 0 Å². The van der Waals surface area contributed by atoms with Gasteiger partial charge in [-0.1, -0.05) is 17.4 Å². The van der Waals surface area contributed by atoms with Gasteiger partial charge in [-0.15, -0.1) is 0 Å². The van der Waals surface area contributed by atoms with Gasteiger partial charge in [0.1, 0.15) is 0 Å². The molecular formula is C15H21N3OS. The maximum Gasteiger partial charge on any atom is 0.307 e. The highest BCUT2D eigenvalue weighted by atomic mass is 32.1. The molecule has 0 spiro atoms. The Bertz CT molecular complexity index is 665. The molecule has 0 bridgehead atoms. The number of thiazole rings is 1. The third kappa shape index (κ3) is 2.66. The fourth-order valence-electron chi connectivity index (χ4n) is 3.10. The second-order valence-electron chi connectivity index (χ2n) is 5.89. The Morgan fingerprint density at radius 1 is 1.30 bits per heavy atom. The van der Waals surface area contributed by atoms with Gasteiger partial charge in [0.15, 0.2) is 0 Å². The van der Waals surface area contributed by atoms with Crippen LogP contribution in [0.25, 0.3) is 10.2 Å². The van der Waals surface area contributed by atoms with Crippen molar-refractivity contribution >= 4 is 21.6 Å². The van der Waals surface area contributed by atoms with E-state index in [9.17, 15) is 4.79 Å². The Morgan fingerprint density at radius 3 is 2.70 bits per heavy atom. The topological polar surface area (TPSA) is 37.3 Å². The van der Waals surface area contributed by atoms with Crippen molar-refractivity contribution in [2.45, 2.75) is 32.5 Å². The van der Waals surface area contributed by atoms with E-state index in [-0.39, 0.29) is 4.87 Å². The summed E-state index contributed by atoms with van der Waals surface area (Å²) in [5.74, 6) is 0. The average molecular weight is 291 g/mol. The molecule has 0 amide bonds. The summed E-state index contributed by atoms with van der Waals surface area (Å²) in [4.78, 5) is 14.3. The molecular weight excluding hydrogens is 270 g/mol. The zero-order valence-corrected chi connectivity index (χ0v) is 13.0. The first-order chi connectivity index (χ1) is 9.52. The molecule has 2 heterocycles. The summed E-state index contributed by atoms with van der Waals surface area (Å²) in [5.41, 5.74) is 2.33. The van der Waals surface area contributed by atoms with E-state index in [1.54, 1.807) is 4.57 Å². The molecule has 3 rings (SSSR count). The van der Waals surface area contributed by atoms with E-state index < -0.39 is 0 Å². The van der Waals surface area contributed by atoms with Crippen LogP contribution in [0.3, 0.4) is 0 Å². The number of benzene rings is 1. The highest BCUT2D eigenvalue weighted by Gasteiger charge is 2.20. The maximum absolute atomic E-state index is 11.7. The van der Waals surface area contributed by atoms with Crippen molar-refractivity contribution in [2.24, 2.45) is 7.05 Å². The predicted molar refractivity (Wildman–Crippen MR) is 84.4 cm³/mol. The van der Waals surface area contributed by atoms with Crippen molar-refractivity contribution in [3.63, 3.8) is 0 Å². The Kier molecular flexibility index (Phi) is 3.67. The number of hydrogen-bond acceptors (Lipinski definition) is 4. The smallest absolute Gasteiger partial charge is 0.307 e. The minimum Gasteiger partial charge on any atom is -0.309 e. The minimum absolute atomic E-state index is 0.113. The first kappa shape index (κ1) is 13.8. The monoisotopic (exact) mass is 291 g/mol. The Balaban J connectivity index is 1.82. The molecule has 2 aromatic rings. The highest BCUT2D eigenvalue weighted by Crippen LogP contribution is 2.20. The van der Waals surface area contributed by atoms with Crippen LogP contribution in [-0.4, -0.2) is 34.6 Å². The first-order valence-electron chi connectivity index (χ1n) is 7.10. The number of nitrogens with one attached hydrogen (secondary N) is 1. The Labute approximate surface area is 123 Å². The summed E-state index contributed by atoms with van der Waals surface area (Å²) in [6.45, 7) is 7.58. The van der Waals surface area contributed by atoms with Crippen LogP contribution in [0.1, 0.15) is 19.4 Å². The minimum atomic E-state index is 0.113. The van der Waals surface area contributed by atoms with Crippen molar-refractivity contribution in [3.05, 3.63) is 33.4 Å². The molecule has 0 radical (unpaired) electrons. The molecule has 1 aliphatic rings. The van der Waals surface area contributed by atoms with Crippen molar-refractivity contribution in [1.29, 1.82) is 0 Å². The molecule has 1 fully saturated rings. The van der Waals surface area contributed by atoms with Crippen molar-refractivity contribution < 1.29 is 0 Å². The SMILES string of the molecule is CC1CN(Cc2ccc3c(c2)sc(=O)n3C)CC(C)N1. The van der Waals surface area contributed by atoms with E-state index in [1.165, 1.54) is 16.9 Å². The van der Waals surface area contributed by atoms with Crippen molar-refractivity contribution in [3.8, 4) is 0 Å². The summed E-state index contributed by atoms with van der Waals surface area (Å²) in [7, 11) is 1.83. The normalized spacial score (nSPS) is 24.4. The predicted octanol–water partition coefficient (Wildman–Crippen LogP) is 1.78. The lowest BCUT2D eigenvalue weighted by molar-refractivity contribution is 0.166. The molecule has 1 aromatic heterocycles. The van der Waals surface area contributed by atoms with Crippen LogP contribution in [0.2, 0.25) is 0 Å². The van der Waals surface area contributed by atoms with Gasteiger partial charge in [0.25, 0.3) is 0 Å². The molecule has 20 heavy (non-hydrogen) atoms.